The monoisotopic (exact) mass is 539 g/mol. The predicted molar refractivity (Wildman–Crippen MR) is 142 cm³/mol. The second-order valence-corrected chi connectivity index (χ2v) is 11.1. The van der Waals surface area contributed by atoms with Crippen LogP contribution in [-0.4, -0.2) is 70.3 Å². The number of piperidine rings is 1. The maximum Gasteiger partial charge on any atom is 0.410 e. The molecule has 0 spiro atoms. The fourth-order valence-electron chi connectivity index (χ4n) is 4.65. The van der Waals surface area contributed by atoms with E-state index in [1.807, 2.05) is 20.8 Å². The van der Waals surface area contributed by atoms with Crippen LogP contribution >= 0.6 is 0 Å². The minimum Gasteiger partial charge on any atom is -0.494 e. The molecule has 1 aliphatic heterocycles. The average molecular weight is 540 g/mol. The Hall–Kier alpha value is -3.89. The molecule has 2 aliphatic rings. The first-order valence-corrected chi connectivity index (χ1v) is 13.2. The summed E-state index contributed by atoms with van der Waals surface area (Å²) in [6, 6.07) is 2.62. The molecule has 2 fully saturated rings. The lowest BCUT2D eigenvalue weighted by molar-refractivity contribution is 0.0185. The highest BCUT2D eigenvalue weighted by Gasteiger charge is 2.30. The van der Waals surface area contributed by atoms with Gasteiger partial charge in [-0.2, -0.15) is 0 Å². The van der Waals surface area contributed by atoms with Crippen LogP contribution in [0.4, 0.5) is 9.18 Å². The van der Waals surface area contributed by atoms with Crippen LogP contribution in [0.3, 0.4) is 0 Å². The number of nitrogens with zero attached hydrogens (tertiary/aromatic N) is 3. The topological polar surface area (TPSA) is 119 Å². The molecule has 0 radical (unpaired) electrons. The van der Waals surface area contributed by atoms with E-state index in [1.54, 1.807) is 11.1 Å². The number of nitrogens with one attached hydrogen (secondary N) is 2. The van der Waals surface area contributed by atoms with E-state index in [9.17, 15) is 14.0 Å². The molecule has 5 rings (SSSR count). The van der Waals surface area contributed by atoms with Crippen LogP contribution in [0.5, 0.6) is 11.5 Å². The molecule has 11 heteroatoms. The summed E-state index contributed by atoms with van der Waals surface area (Å²) >= 11 is 0. The summed E-state index contributed by atoms with van der Waals surface area (Å²) in [6.07, 6.45) is 6.22. The Morgan fingerprint density at radius 1 is 1.18 bits per heavy atom. The number of rotatable bonds is 7. The second-order valence-electron chi connectivity index (χ2n) is 11.1. The third-order valence-corrected chi connectivity index (χ3v) is 6.80. The summed E-state index contributed by atoms with van der Waals surface area (Å²) in [5, 5.41) is 3.03. The van der Waals surface area contributed by atoms with Crippen molar-refractivity contribution < 1.29 is 28.2 Å². The zero-order chi connectivity index (χ0) is 27.7. The van der Waals surface area contributed by atoms with Gasteiger partial charge in [0.1, 0.15) is 28.9 Å². The van der Waals surface area contributed by atoms with Crippen LogP contribution in [0.25, 0.3) is 22.3 Å². The van der Waals surface area contributed by atoms with Crippen LogP contribution < -0.4 is 14.8 Å². The maximum absolute atomic E-state index is 14.8. The first-order chi connectivity index (χ1) is 18.6. The Kier molecular flexibility index (Phi) is 7.33. The summed E-state index contributed by atoms with van der Waals surface area (Å²) in [6.45, 7) is 6.93. The fourth-order valence-corrected chi connectivity index (χ4v) is 4.65. The number of carbonyl (C=O) groups is 2. The van der Waals surface area contributed by atoms with Crippen molar-refractivity contribution in [2.45, 2.75) is 58.1 Å². The summed E-state index contributed by atoms with van der Waals surface area (Å²) < 4.78 is 31.4. The van der Waals surface area contributed by atoms with Gasteiger partial charge < -0.3 is 29.4 Å². The zero-order valence-corrected chi connectivity index (χ0v) is 22.7. The Balaban J connectivity index is 1.38. The number of amides is 2. The SMILES string of the molecule is COc1cc(OCC2CC2)c(-c2ncnc3c(C(=O)N[C@@H]4CCCN(C(=O)OC(C)(C)C)C4)c[nH]c23)cc1F. The summed E-state index contributed by atoms with van der Waals surface area (Å²) in [4.78, 5) is 39.3. The number of likely N-dealkylation sites (tertiary alicyclic amines) is 1. The molecule has 2 N–H and O–H groups in total. The smallest absolute Gasteiger partial charge is 0.410 e. The third kappa shape index (κ3) is 6.07. The van der Waals surface area contributed by atoms with Crippen molar-refractivity contribution >= 4 is 23.0 Å². The van der Waals surface area contributed by atoms with Gasteiger partial charge in [-0.15, -0.1) is 0 Å². The molecule has 1 aromatic carbocycles. The van der Waals surface area contributed by atoms with Gasteiger partial charge in [0.25, 0.3) is 5.91 Å². The van der Waals surface area contributed by atoms with Gasteiger partial charge in [-0.05, 0) is 58.4 Å². The van der Waals surface area contributed by atoms with E-state index in [1.165, 1.54) is 25.6 Å². The largest absolute Gasteiger partial charge is 0.494 e. The Morgan fingerprint density at radius 2 is 1.97 bits per heavy atom. The minimum absolute atomic E-state index is 0.0781. The Morgan fingerprint density at radius 3 is 2.69 bits per heavy atom. The molecular weight excluding hydrogens is 505 g/mol. The molecule has 2 aromatic heterocycles. The molecule has 1 aliphatic carbocycles. The average Bonchev–Trinajstić information content (AvgIpc) is 3.62. The first-order valence-electron chi connectivity index (χ1n) is 13.2. The number of hydrogen-bond donors (Lipinski definition) is 2. The minimum atomic E-state index is -0.593. The molecular formula is C28H34FN5O5. The first kappa shape index (κ1) is 26.7. The number of carbonyl (C=O) groups excluding carboxylic acids is 2. The van der Waals surface area contributed by atoms with Crippen molar-refractivity contribution in [3.05, 3.63) is 36.0 Å². The van der Waals surface area contributed by atoms with Gasteiger partial charge in [-0.3, -0.25) is 4.79 Å². The number of aromatic amines is 1. The number of ether oxygens (including phenoxy) is 3. The molecule has 0 unspecified atom stereocenters. The van der Waals surface area contributed by atoms with E-state index in [-0.39, 0.29) is 17.7 Å². The van der Waals surface area contributed by atoms with E-state index >= 15 is 0 Å². The quantitative estimate of drug-likeness (QED) is 0.447. The molecule has 39 heavy (non-hydrogen) atoms. The van der Waals surface area contributed by atoms with Crippen LogP contribution in [-0.2, 0) is 4.74 Å². The standard InChI is InChI=1S/C28H34FN5O5/c1-28(2,3)39-27(36)34-9-5-6-17(13-34)33-26(35)19-12-30-25-23(31-15-32-24(19)25)18-10-20(29)22(37-4)11-21(18)38-14-16-7-8-16/h10-12,15-17,30H,5-9,13-14H2,1-4H3,(H,33,35)/t17-/m1/s1. The fraction of sp³-hybridized carbons (Fsp3) is 0.500. The molecule has 1 atom stereocenters. The van der Waals surface area contributed by atoms with E-state index in [2.05, 4.69) is 20.3 Å². The van der Waals surface area contributed by atoms with Crippen LogP contribution in [0.15, 0.2) is 24.7 Å². The van der Waals surface area contributed by atoms with Crippen LogP contribution in [0.1, 0.15) is 56.8 Å². The van der Waals surface area contributed by atoms with Gasteiger partial charge in [-0.1, -0.05) is 0 Å². The normalized spacial score (nSPS) is 17.7. The summed E-state index contributed by atoms with van der Waals surface area (Å²) in [5.41, 5.74) is 1.49. The number of aromatic nitrogens is 3. The van der Waals surface area contributed by atoms with Crippen molar-refractivity contribution in [2.75, 3.05) is 26.8 Å². The van der Waals surface area contributed by atoms with Gasteiger partial charge in [0, 0.05) is 37.0 Å². The van der Waals surface area contributed by atoms with Crippen molar-refractivity contribution in [1.29, 1.82) is 0 Å². The van der Waals surface area contributed by atoms with Crippen molar-refractivity contribution in [3.8, 4) is 22.8 Å². The predicted octanol–water partition coefficient (Wildman–Crippen LogP) is 4.69. The molecule has 2 amide bonds. The summed E-state index contributed by atoms with van der Waals surface area (Å²) in [7, 11) is 1.40. The van der Waals surface area contributed by atoms with Crippen molar-refractivity contribution in [2.24, 2.45) is 5.92 Å². The van der Waals surface area contributed by atoms with Gasteiger partial charge in [-0.25, -0.2) is 19.2 Å². The highest BCUT2D eigenvalue weighted by molar-refractivity contribution is 6.08. The lowest BCUT2D eigenvalue weighted by atomic mass is 10.1. The number of hydrogen-bond acceptors (Lipinski definition) is 7. The Labute approximate surface area is 226 Å². The van der Waals surface area contributed by atoms with Crippen LogP contribution in [0.2, 0.25) is 0 Å². The molecule has 0 bridgehead atoms. The van der Waals surface area contributed by atoms with Crippen molar-refractivity contribution in [1.82, 2.24) is 25.2 Å². The molecule has 208 valence electrons. The zero-order valence-electron chi connectivity index (χ0n) is 22.7. The second kappa shape index (κ2) is 10.7. The van der Waals surface area contributed by atoms with Gasteiger partial charge in [0.15, 0.2) is 11.6 Å². The van der Waals surface area contributed by atoms with E-state index in [4.69, 9.17) is 14.2 Å². The summed E-state index contributed by atoms with van der Waals surface area (Å²) in [5.74, 6) is 0.146. The highest BCUT2D eigenvalue weighted by Crippen LogP contribution is 2.39. The third-order valence-electron chi connectivity index (χ3n) is 6.80. The van der Waals surface area contributed by atoms with Gasteiger partial charge in [0.2, 0.25) is 0 Å². The number of benzene rings is 1. The van der Waals surface area contributed by atoms with E-state index < -0.39 is 17.5 Å². The highest BCUT2D eigenvalue weighted by atomic mass is 19.1. The number of H-pyrrole nitrogens is 1. The molecule has 3 heterocycles. The molecule has 3 aromatic rings. The number of halogens is 1. The maximum atomic E-state index is 14.8. The van der Waals surface area contributed by atoms with E-state index in [0.29, 0.717) is 59.2 Å². The molecule has 1 saturated carbocycles. The lowest BCUT2D eigenvalue weighted by Crippen LogP contribution is -2.50. The van der Waals surface area contributed by atoms with Crippen molar-refractivity contribution in [3.63, 3.8) is 0 Å². The molecule has 1 saturated heterocycles. The number of fused-ring (bicyclic) bond motifs is 1. The van der Waals surface area contributed by atoms with Crippen LogP contribution in [0, 0.1) is 11.7 Å². The number of methoxy groups -OCH3 is 1. The Bertz CT molecular complexity index is 1380. The molecule has 10 nitrogen and oxygen atoms in total. The van der Waals surface area contributed by atoms with E-state index in [0.717, 1.165) is 25.7 Å². The van der Waals surface area contributed by atoms with Gasteiger partial charge >= 0.3 is 6.09 Å². The lowest BCUT2D eigenvalue weighted by Gasteiger charge is -2.34. The van der Waals surface area contributed by atoms with Gasteiger partial charge in [0.05, 0.1) is 24.8 Å².